The van der Waals surface area contributed by atoms with Crippen molar-refractivity contribution < 1.29 is 4.79 Å². The fourth-order valence-corrected chi connectivity index (χ4v) is 0.245. The highest BCUT2D eigenvalue weighted by Crippen LogP contribution is 1.64. The molecule has 0 saturated heterocycles. The minimum Gasteiger partial charge on any atom is -0.349 e. The Balaban J connectivity index is 0. The van der Waals surface area contributed by atoms with E-state index in [1.807, 2.05) is 14.1 Å². The van der Waals surface area contributed by atoms with Gasteiger partial charge < -0.3 is 10.6 Å². The average Bonchev–Trinajstić information content (AvgIpc) is 2.02. The van der Waals surface area contributed by atoms with Gasteiger partial charge in [0.05, 0.1) is 0 Å². The highest BCUT2D eigenvalue weighted by Gasteiger charge is 1.85. The normalized spacial score (nSPS) is 7.09. The van der Waals surface area contributed by atoms with Crippen LogP contribution in [0.5, 0.6) is 0 Å². The molecule has 0 aliphatic rings. The van der Waals surface area contributed by atoms with Crippen LogP contribution in [0.1, 0.15) is 0 Å². The molecular weight excluding hydrogens is 140 g/mol. The van der Waals surface area contributed by atoms with Gasteiger partial charge in [-0.2, -0.15) is 0 Å². The molecule has 0 aliphatic carbocycles. The van der Waals surface area contributed by atoms with E-state index in [-0.39, 0.29) is 5.91 Å². The van der Waals surface area contributed by atoms with Gasteiger partial charge in [-0.1, -0.05) is 12.7 Å². The molecule has 64 valence electrons. The lowest BCUT2D eigenvalue weighted by Crippen LogP contribution is -2.19. The van der Waals surface area contributed by atoms with Gasteiger partial charge in [0.15, 0.2) is 0 Å². The van der Waals surface area contributed by atoms with Crippen molar-refractivity contribution in [2.75, 3.05) is 20.6 Å². The Labute approximate surface area is 68.2 Å². The van der Waals surface area contributed by atoms with Crippen molar-refractivity contribution in [3.05, 3.63) is 25.3 Å². The quantitative estimate of drug-likeness (QED) is 0.456. The van der Waals surface area contributed by atoms with Crippen LogP contribution in [-0.2, 0) is 4.79 Å². The molecule has 0 fully saturated rings. The van der Waals surface area contributed by atoms with Crippen LogP contribution in [0, 0.1) is 0 Å². The molecular formula is C8H16N2O. The molecule has 1 amide bonds. The fourth-order valence-electron chi connectivity index (χ4n) is 0.245. The van der Waals surface area contributed by atoms with Crippen molar-refractivity contribution >= 4 is 5.91 Å². The molecule has 0 aromatic carbocycles. The third kappa shape index (κ3) is 17.6. The van der Waals surface area contributed by atoms with Crippen LogP contribution in [-0.4, -0.2) is 26.5 Å². The third-order valence-electron chi connectivity index (χ3n) is 0.606. The summed E-state index contributed by atoms with van der Waals surface area (Å²) < 4.78 is 0. The first-order valence-corrected chi connectivity index (χ1v) is 3.32. The van der Waals surface area contributed by atoms with Crippen LogP contribution in [0.4, 0.5) is 0 Å². The topological polar surface area (TPSA) is 41.1 Å². The van der Waals surface area contributed by atoms with Crippen LogP contribution in [0.2, 0.25) is 0 Å². The predicted octanol–water partition coefficient (Wildman–Crippen LogP) is 0.310. The third-order valence-corrected chi connectivity index (χ3v) is 0.606. The predicted molar refractivity (Wildman–Crippen MR) is 48.4 cm³/mol. The summed E-state index contributed by atoms with van der Waals surface area (Å²) in [7, 11) is 3.75. The Kier molecular flexibility index (Phi) is 13.3. The molecule has 11 heavy (non-hydrogen) atoms. The van der Waals surface area contributed by atoms with E-state index >= 15 is 0 Å². The summed E-state index contributed by atoms with van der Waals surface area (Å²) in [4.78, 5) is 10.3. The first kappa shape index (κ1) is 12.6. The van der Waals surface area contributed by atoms with Gasteiger partial charge in [0, 0.05) is 6.54 Å². The van der Waals surface area contributed by atoms with Crippen molar-refractivity contribution in [3.8, 4) is 0 Å². The zero-order valence-corrected chi connectivity index (χ0v) is 7.18. The summed E-state index contributed by atoms with van der Waals surface area (Å²) in [6, 6.07) is 0. The maximum absolute atomic E-state index is 10.3. The monoisotopic (exact) mass is 156 g/mol. The van der Waals surface area contributed by atoms with Crippen LogP contribution < -0.4 is 10.6 Å². The van der Waals surface area contributed by atoms with Crippen molar-refractivity contribution in [2.24, 2.45) is 0 Å². The molecule has 0 radical (unpaired) electrons. The Morgan fingerprint density at radius 1 is 1.45 bits per heavy atom. The Hall–Kier alpha value is -1.09. The molecule has 3 heteroatoms. The Morgan fingerprint density at radius 2 is 1.91 bits per heavy atom. The average molecular weight is 156 g/mol. The van der Waals surface area contributed by atoms with Gasteiger partial charge in [-0.25, -0.2) is 0 Å². The lowest BCUT2D eigenvalue weighted by atomic mass is 10.5. The highest BCUT2D eigenvalue weighted by atomic mass is 16.1. The van der Waals surface area contributed by atoms with E-state index in [1.54, 1.807) is 6.08 Å². The molecule has 0 aromatic rings. The summed E-state index contributed by atoms with van der Waals surface area (Å²) in [6.07, 6.45) is 2.84. The summed E-state index contributed by atoms with van der Waals surface area (Å²) in [5, 5.41) is 5.26. The molecule has 0 unspecified atom stereocenters. The van der Waals surface area contributed by atoms with E-state index in [9.17, 15) is 4.79 Å². The van der Waals surface area contributed by atoms with Crippen LogP contribution in [0.3, 0.4) is 0 Å². The number of rotatable bonds is 3. The maximum Gasteiger partial charge on any atom is 0.243 e. The van der Waals surface area contributed by atoms with Gasteiger partial charge in [-0.15, -0.1) is 6.58 Å². The zero-order valence-electron chi connectivity index (χ0n) is 7.18. The van der Waals surface area contributed by atoms with Gasteiger partial charge in [0.2, 0.25) is 5.91 Å². The number of amides is 1. The second-order valence-corrected chi connectivity index (χ2v) is 1.74. The first-order valence-electron chi connectivity index (χ1n) is 3.32. The summed E-state index contributed by atoms with van der Waals surface area (Å²) in [5.74, 6) is -0.162. The van der Waals surface area contributed by atoms with Gasteiger partial charge in [-0.05, 0) is 20.2 Å². The second kappa shape index (κ2) is 11.7. The largest absolute Gasteiger partial charge is 0.349 e. The summed E-state index contributed by atoms with van der Waals surface area (Å²) in [5.41, 5.74) is 0. The Morgan fingerprint density at radius 3 is 2.18 bits per heavy atom. The van der Waals surface area contributed by atoms with E-state index in [0.29, 0.717) is 6.54 Å². The second-order valence-electron chi connectivity index (χ2n) is 1.74. The minimum absolute atomic E-state index is 0.162. The maximum atomic E-state index is 10.3. The van der Waals surface area contributed by atoms with Crippen LogP contribution in [0.15, 0.2) is 25.3 Å². The lowest BCUT2D eigenvalue weighted by molar-refractivity contribution is -0.116. The molecule has 0 aliphatic heterocycles. The Bertz CT molecular complexity index is 121. The smallest absolute Gasteiger partial charge is 0.243 e. The molecule has 0 saturated carbocycles. The molecule has 0 spiro atoms. The number of carbonyl (C=O) groups is 1. The van der Waals surface area contributed by atoms with E-state index in [2.05, 4.69) is 23.8 Å². The number of hydrogen-bond acceptors (Lipinski definition) is 2. The molecule has 2 N–H and O–H groups in total. The fraction of sp³-hybridized carbons (Fsp3) is 0.375. The molecule has 0 atom stereocenters. The zero-order chi connectivity index (χ0) is 9.11. The first-order chi connectivity index (χ1) is 5.22. The van der Waals surface area contributed by atoms with Gasteiger partial charge >= 0.3 is 0 Å². The van der Waals surface area contributed by atoms with Crippen molar-refractivity contribution in [2.45, 2.75) is 0 Å². The van der Waals surface area contributed by atoms with E-state index in [1.165, 1.54) is 6.08 Å². The van der Waals surface area contributed by atoms with Crippen molar-refractivity contribution in [3.63, 3.8) is 0 Å². The van der Waals surface area contributed by atoms with Crippen LogP contribution in [0.25, 0.3) is 0 Å². The van der Waals surface area contributed by atoms with Gasteiger partial charge in [0.25, 0.3) is 0 Å². The summed E-state index contributed by atoms with van der Waals surface area (Å²) in [6.45, 7) is 7.19. The molecule has 0 rings (SSSR count). The van der Waals surface area contributed by atoms with Gasteiger partial charge in [-0.3, -0.25) is 4.79 Å². The lowest BCUT2D eigenvalue weighted by Gasteiger charge is -1.91. The van der Waals surface area contributed by atoms with Crippen molar-refractivity contribution in [1.82, 2.24) is 10.6 Å². The highest BCUT2D eigenvalue weighted by molar-refractivity contribution is 5.86. The molecule has 0 aromatic heterocycles. The van der Waals surface area contributed by atoms with E-state index in [0.717, 1.165) is 0 Å². The molecule has 0 bridgehead atoms. The van der Waals surface area contributed by atoms with Crippen LogP contribution >= 0.6 is 0 Å². The minimum atomic E-state index is -0.162. The SMILES string of the molecule is C=CCNC(=O)C=C.CNC. The number of carbonyl (C=O) groups excluding carboxylic acids is 1. The van der Waals surface area contributed by atoms with Crippen molar-refractivity contribution in [1.29, 1.82) is 0 Å². The number of hydrogen-bond donors (Lipinski definition) is 2. The number of nitrogens with one attached hydrogen (secondary N) is 2. The molecule has 0 heterocycles. The van der Waals surface area contributed by atoms with E-state index < -0.39 is 0 Å². The molecule has 3 nitrogen and oxygen atoms in total. The summed E-state index contributed by atoms with van der Waals surface area (Å²) >= 11 is 0. The van der Waals surface area contributed by atoms with Gasteiger partial charge in [0.1, 0.15) is 0 Å². The standard InChI is InChI=1S/C6H9NO.C2H7N/c1-3-5-7-6(8)4-2;1-3-2/h3-4H,1-2,5H2,(H,7,8);3H,1-2H3. The van der Waals surface area contributed by atoms with E-state index in [4.69, 9.17) is 0 Å².